The van der Waals surface area contributed by atoms with Gasteiger partial charge in [-0.05, 0) is 19.3 Å². The second kappa shape index (κ2) is 67.9. The Balaban J connectivity index is -0.000000410. The monoisotopic (exact) mass is 961 g/mol. The Morgan fingerprint density at radius 1 is 0.303 bits per heavy atom. The van der Waals surface area contributed by atoms with E-state index < -0.39 is 24.0 Å². The molecule has 0 spiro atoms. The first-order chi connectivity index (χ1) is 32.1. The van der Waals surface area contributed by atoms with Gasteiger partial charge in [-0.3, -0.25) is 14.4 Å². The Morgan fingerprint density at radius 2 is 0.439 bits per heavy atom. The van der Waals surface area contributed by atoms with Gasteiger partial charge in [-0.15, -0.1) is 0 Å². The van der Waals surface area contributed by atoms with Crippen LogP contribution in [0.5, 0.6) is 0 Å². The predicted octanol–water partition coefficient (Wildman–Crippen LogP) is 18.3. The second-order valence-electron chi connectivity index (χ2n) is 19.3. The normalized spacial score (nSPS) is 11.2. The van der Waals surface area contributed by atoms with Crippen LogP contribution in [0.3, 0.4) is 0 Å². The third-order valence-electron chi connectivity index (χ3n) is 12.4. The van der Waals surface area contributed by atoms with Crippen molar-refractivity contribution < 1.29 is 39.9 Å². The van der Waals surface area contributed by atoms with Gasteiger partial charge in [-0.1, -0.05) is 290 Å². The molecule has 0 aromatic carbocycles. The number of aliphatic hydroxyl groups excluding tert-OH is 2. The summed E-state index contributed by atoms with van der Waals surface area (Å²) in [7, 11) is 0. The van der Waals surface area contributed by atoms with Gasteiger partial charge in [0.15, 0.2) is 0 Å². The van der Waals surface area contributed by atoms with E-state index in [4.69, 9.17) is 25.5 Å². The van der Waals surface area contributed by atoms with Gasteiger partial charge in [-0.25, -0.2) is 0 Å². The first-order valence-electron chi connectivity index (χ1n) is 28.7. The highest BCUT2D eigenvalue weighted by Gasteiger charge is 2.00. The SMILES string of the molecule is CCCCCCCCCCCCCCCCCC(=O)O.CCCCCCCCCCCCCCCCCC(=O)O.CCCCCCCCCCCCCCCCCC(=O)O.OCC(O)CS. The molecule has 0 fully saturated rings. The minimum Gasteiger partial charge on any atom is -0.481 e. The highest BCUT2D eigenvalue weighted by atomic mass is 32.1. The molecule has 1 atom stereocenters. The summed E-state index contributed by atoms with van der Waals surface area (Å²) in [5, 5.41) is 41.9. The molecule has 0 saturated heterocycles. The maximum Gasteiger partial charge on any atom is 0.303 e. The quantitative estimate of drug-likeness (QED) is 0.0260. The van der Waals surface area contributed by atoms with E-state index in [1.165, 1.54) is 250 Å². The van der Waals surface area contributed by atoms with Gasteiger partial charge in [0.2, 0.25) is 0 Å². The van der Waals surface area contributed by atoms with E-state index in [0.29, 0.717) is 25.0 Å². The fourth-order valence-corrected chi connectivity index (χ4v) is 8.12. The van der Waals surface area contributed by atoms with Crippen molar-refractivity contribution in [3.8, 4) is 0 Å². The third kappa shape index (κ3) is 82.8. The van der Waals surface area contributed by atoms with Crippen molar-refractivity contribution in [1.29, 1.82) is 0 Å². The number of aliphatic hydroxyl groups is 2. The largest absolute Gasteiger partial charge is 0.481 e. The molecule has 66 heavy (non-hydrogen) atoms. The fraction of sp³-hybridized carbons (Fsp3) is 0.947. The van der Waals surface area contributed by atoms with E-state index in [-0.39, 0.29) is 6.61 Å². The molecule has 0 aromatic rings. The Kier molecular flexibility index (Phi) is 73.3. The molecule has 5 N–H and O–H groups in total. The second-order valence-corrected chi connectivity index (χ2v) is 19.7. The van der Waals surface area contributed by atoms with Gasteiger partial charge in [0.1, 0.15) is 0 Å². The third-order valence-corrected chi connectivity index (χ3v) is 12.8. The average molecular weight is 962 g/mol. The van der Waals surface area contributed by atoms with E-state index in [2.05, 4.69) is 33.4 Å². The van der Waals surface area contributed by atoms with Gasteiger partial charge in [-0.2, -0.15) is 12.6 Å². The summed E-state index contributed by atoms with van der Waals surface area (Å²) in [6.45, 7) is 6.62. The molecule has 0 amide bonds. The van der Waals surface area contributed by atoms with Gasteiger partial charge >= 0.3 is 17.9 Å². The highest BCUT2D eigenvalue weighted by Crippen LogP contribution is 2.16. The van der Waals surface area contributed by atoms with Crippen LogP contribution < -0.4 is 0 Å². The van der Waals surface area contributed by atoms with Crippen LogP contribution in [0.25, 0.3) is 0 Å². The lowest BCUT2D eigenvalue weighted by molar-refractivity contribution is -0.138. The highest BCUT2D eigenvalue weighted by molar-refractivity contribution is 7.80. The number of hydrogen-bond donors (Lipinski definition) is 6. The predicted molar refractivity (Wildman–Crippen MR) is 288 cm³/mol. The van der Waals surface area contributed by atoms with Crippen molar-refractivity contribution in [2.75, 3.05) is 12.4 Å². The number of carboxylic acids is 3. The molecule has 0 heterocycles. The van der Waals surface area contributed by atoms with Gasteiger partial charge in [0.25, 0.3) is 0 Å². The summed E-state index contributed by atoms with van der Waals surface area (Å²) in [6, 6.07) is 0. The minimum absolute atomic E-state index is 0.191. The summed E-state index contributed by atoms with van der Waals surface area (Å²) in [6.07, 6.45) is 60.0. The lowest BCUT2D eigenvalue weighted by Crippen LogP contribution is -2.12. The molecule has 0 aliphatic heterocycles. The molecule has 1 unspecified atom stereocenters. The lowest BCUT2D eigenvalue weighted by atomic mass is 10.0. The Hall–Kier alpha value is -1.32. The summed E-state index contributed by atoms with van der Waals surface area (Å²) in [5.74, 6) is -1.63. The zero-order chi connectivity index (χ0) is 49.7. The van der Waals surface area contributed by atoms with Gasteiger partial charge in [0.05, 0.1) is 12.7 Å². The van der Waals surface area contributed by atoms with Crippen LogP contribution in [0, 0.1) is 0 Å². The summed E-state index contributed by atoms with van der Waals surface area (Å²) in [5.41, 5.74) is 0. The van der Waals surface area contributed by atoms with Crippen LogP contribution in [-0.4, -0.2) is 61.9 Å². The molecule has 0 saturated carbocycles. The van der Waals surface area contributed by atoms with Crippen molar-refractivity contribution in [3.05, 3.63) is 0 Å². The van der Waals surface area contributed by atoms with E-state index in [1.807, 2.05) is 0 Å². The molecule has 9 heteroatoms. The summed E-state index contributed by atoms with van der Waals surface area (Å²) in [4.78, 5) is 31.0. The smallest absolute Gasteiger partial charge is 0.303 e. The lowest BCUT2D eigenvalue weighted by Gasteiger charge is -2.03. The summed E-state index contributed by atoms with van der Waals surface area (Å²) < 4.78 is 0. The molecule has 398 valence electrons. The Bertz CT molecular complexity index is 795. The van der Waals surface area contributed by atoms with E-state index in [0.717, 1.165) is 38.5 Å². The number of carboxylic acid groups (broad SMARTS) is 3. The average Bonchev–Trinajstić information content (AvgIpc) is 3.30. The molecule has 0 radical (unpaired) electrons. The van der Waals surface area contributed by atoms with Crippen molar-refractivity contribution in [3.63, 3.8) is 0 Å². The zero-order valence-corrected chi connectivity index (χ0v) is 45.2. The topological polar surface area (TPSA) is 152 Å². The number of thiol groups is 1. The number of unbranched alkanes of at least 4 members (excludes halogenated alkanes) is 42. The maximum atomic E-state index is 10.3. The van der Waals surface area contributed by atoms with Crippen molar-refractivity contribution in [2.45, 2.75) is 335 Å². The first-order valence-corrected chi connectivity index (χ1v) is 29.3. The Labute approximate surface area is 416 Å². The van der Waals surface area contributed by atoms with Crippen LogP contribution >= 0.6 is 12.6 Å². The first kappa shape index (κ1) is 71.2. The van der Waals surface area contributed by atoms with Crippen molar-refractivity contribution in [1.82, 2.24) is 0 Å². The van der Waals surface area contributed by atoms with Crippen molar-refractivity contribution in [2.24, 2.45) is 0 Å². The van der Waals surface area contributed by atoms with Crippen LogP contribution in [-0.2, 0) is 14.4 Å². The summed E-state index contributed by atoms with van der Waals surface area (Å²) >= 11 is 3.69. The number of hydrogen-bond acceptors (Lipinski definition) is 6. The van der Waals surface area contributed by atoms with Gasteiger partial charge in [0, 0.05) is 25.0 Å². The molecule has 0 aliphatic rings. The number of aliphatic carboxylic acids is 3. The molecular formula is C57H116O8S. The zero-order valence-electron chi connectivity index (χ0n) is 44.3. The van der Waals surface area contributed by atoms with Crippen LogP contribution in [0.15, 0.2) is 0 Å². The van der Waals surface area contributed by atoms with Crippen LogP contribution in [0.4, 0.5) is 0 Å². The fourth-order valence-electron chi connectivity index (χ4n) is 8.00. The molecule has 0 bridgehead atoms. The van der Waals surface area contributed by atoms with E-state index in [1.54, 1.807) is 0 Å². The molecule has 0 aliphatic carbocycles. The van der Waals surface area contributed by atoms with Gasteiger partial charge < -0.3 is 25.5 Å². The molecular weight excluding hydrogens is 845 g/mol. The standard InChI is InChI=1S/3C18H36O2.C3H8O2S/c3*1-2-3-4-5-6-7-8-9-10-11-12-13-14-15-16-17-18(19)20;4-1-3(5)2-6/h3*2-17H2,1H3,(H,19,20);3-6H,1-2H2. The Morgan fingerprint density at radius 3 is 0.530 bits per heavy atom. The van der Waals surface area contributed by atoms with Crippen LogP contribution in [0.1, 0.15) is 329 Å². The number of carbonyl (C=O) groups is 3. The number of rotatable bonds is 50. The maximum absolute atomic E-state index is 10.3. The van der Waals surface area contributed by atoms with Crippen molar-refractivity contribution >= 4 is 30.5 Å². The molecule has 8 nitrogen and oxygen atoms in total. The molecule has 0 rings (SSSR count). The minimum atomic E-state index is -0.653. The van der Waals surface area contributed by atoms with E-state index >= 15 is 0 Å². The van der Waals surface area contributed by atoms with E-state index in [9.17, 15) is 14.4 Å². The van der Waals surface area contributed by atoms with Crippen LogP contribution in [0.2, 0.25) is 0 Å². The molecule has 0 aromatic heterocycles.